The van der Waals surface area contributed by atoms with E-state index in [1.165, 1.54) is 18.8 Å². The van der Waals surface area contributed by atoms with Gasteiger partial charge in [0, 0.05) is 12.6 Å². The molecule has 88 valence electrons. The highest BCUT2D eigenvalue weighted by Crippen LogP contribution is 2.27. The van der Waals surface area contributed by atoms with E-state index >= 15 is 0 Å². The van der Waals surface area contributed by atoms with E-state index in [1.54, 1.807) is 0 Å². The molecule has 0 bridgehead atoms. The molecule has 1 saturated carbocycles. The Labute approximate surface area is 93.9 Å². The third kappa shape index (κ3) is 2.88. The Balaban J connectivity index is 1.91. The Bertz CT molecular complexity index is 353. The third-order valence-corrected chi connectivity index (χ3v) is 3.02. The van der Waals surface area contributed by atoms with Gasteiger partial charge in [-0.25, -0.2) is 9.97 Å². The van der Waals surface area contributed by atoms with Crippen molar-refractivity contribution in [3.05, 3.63) is 18.3 Å². The molecule has 0 unspecified atom stereocenters. The van der Waals surface area contributed by atoms with Crippen LogP contribution >= 0.6 is 0 Å². The Morgan fingerprint density at radius 1 is 1.31 bits per heavy atom. The van der Waals surface area contributed by atoms with Gasteiger partial charge >= 0.3 is 0 Å². The molecular formula is C11H16FN3O. The Hall–Kier alpha value is -1.23. The second-order valence-corrected chi connectivity index (χ2v) is 4.36. The molecule has 0 spiro atoms. The summed E-state index contributed by atoms with van der Waals surface area (Å²) < 4.78 is 12.8. The molecule has 5 heteroatoms. The number of halogens is 1. The SMILES string of the molecule is OC1(CNc2cc(F)ncn2)CCCCC1. The number of rotatable bonds is 3. The van der Waals surface area contributed by atoms with Crippen molar-refractivity contribution in [2.45, 2.75) is 37.7 Å². The molecule has 16 heavy (non-hydrogen) atoms. The van der Waals surface area contributed by atoms with Gasteiger partial charge in [0.2, 0.25) is 5.95 Å². The van der Waals surface area contributed by atoms with Crippen LogP contribution in [0.15, 0.2) is 12.4 Å². The molecule has 1 aromatic heterocycles. The Morgan fingerprint density at radius 3 is 2.75 bits per heavy atom. The van der Waals surface area contributed by atoms with Crippen molar-refractivity contribution in [3.8, 4) is 0 Å². The summed E-state index contributed by atoms with van der Waals surface area (Å²) in [6.45, 7) is 0.420. The van der Waals surface area contributed by atoms with E-state index in [2.05, 4.69) is 15.3 Å². The van der Waals surface area contributed by atoms with Gasteiger partial charge in [0.05, 0.1) is 5.60 Å². The Morgan fingerprint density at radius 2 is 2.06 bits per heavy atom. The molecular weight excluding hydrogens is 209 g/mol. The van der Waals surface area contributed by atoms with Gasteiger partial charge in [0.25, 0.3) is 0 Å². The first kappa shape index (κ1) is 11.3. The lowest BCUT2D eigenvalue weighted by atomic mass is 9.85. The maximum Gasteiger partial charge on any atom is 0.217 e. The minimum absolute atomic E-state index is 0.420. The van der Waals surface area contributed by atoms with E-state index in [-0.39, 0.29) is 0 Å². The molecule has 2 rings (SSSR count). The molecule has 0 amide bonds. The summed E-state index contributed by atoms with van der Waals surface area (Å²) >= 11 is 0. The van der Waals surface area contributed by atoms with Crippen LogP contribution in [0.1, 0.15) is 32.1 Å². The molecule has 1 aliphatic carbocycles. The fourth-order valence-electron chi connectivity index (χ4n) is 2.07. The van der Waals surface area contributed by atoms with E-state index in [1.807, 2.05) is 0 Å². The van der Waals surface area contributed by atoms with Crippen LogP contribution in [-0.4, -0.2) is 27.2 Å². The molecule has 4 nitrogen and oxygen atoms in total. The van der Waals surface area contributed by atoms with E-state index in [4.69, 9.17) is 0 Å². The fourth-order valence-corrected chi connectivity index (χ4v) is 2.07. The first-order chi connectivity index (χ1) is 7.68. The standard InChI is InChI=1S/C11H16FN3O/c12-9-6-10(15-8-14-9)13-7-11(16)4-2-1-3-5-11/h6,8,16H,1-5,7H2,(H,13,14,15). The van der Waals surface area contributed by atoms with Crippen LogP contribution in [0.25, 0.3) is 0 Å². The normalized spacial score (nSPS) is 19.4. The first-order valence-corrected chi connectivity index (χ1v) is 5.62. The number of aromatic nitrogens is 2. The monoisotopic (exact) mass is 225 g/mol. The van der Waals surface area contributed by atoms with Crippen LogP contribution in [-0.2, 0) is 0 Å². The molecule has 1 aliphatic rings. The average molecular weight is 225 g/mol. The zero-order chi connectivity index (χ0) is 11.4. The number of nitrogens with zero attached hydrogens (tertiary/aromatic N) is 2. The highest BCUT2D eigenvalue weighted by Gasteiger charge is 2.28. The quantitative estimate of drug-likeness (QED) is 0.769. The second kappa shape index (κ2) is 4.74. The van der Waals surface area contributed by atoms with Crippen LogP contribution in [0.5, 0.6) is 0 Å². The van der Waals surface area contributed by atoms with Crippen molar-refractivity contribution in [3.63, 3.8) is 0 Å². The smallest absolute Gasteiger partial charge is 0.217 e. The summed E-state index contributed by atoms with van der Waals surface area (Å²) in [5.74, 6) is -0.139. The van der Waals surface area contributed by atoms with Crippen molar-refractivity contribution < 1.29 is 9.50 Å². The lowest BCUT2D eigenvalue weighted by molar-refractivity contribution is 0.0166. The van der Waals surface area contributed by atoms with Crippen molar-refractivity contribution in [2.24, 2.45) is 0 Å². The van der Waals surface area contributed by atoms with Gasteiger partial charge in [-0.1, -0.05) is 19.3 Å². The molecule has 0 aromatic carbocycles. The van der Waals surface area contributed by atoms with Gasteiger partial charge in [-0.2, -0.15) is 4.39 Å². The molecule has 0 aliphatic heterocycles. The van der Waals surface area contributed by atoms with Gasteiger partial charge in [-0.15, -0.1) is 0 Å². The minimum Gasteiger partial charge on any atom is -0.388 e. The van der Waals surface area contributed by atoms with Crippen LogP contribution in [0.4, 0.5) is 10.2 Å². The maximum atomic E-state index is 12.8. The van der Waals surface area contributed by atoms with Gasteiger partial charge in [-0.3, -0.25) is 0 Å². The average Bonchev–Trinajstić information content (AvgIpc) is 2.28. The summed E-state index contributed by atoms with van der Waals surface area (Å²) in [7, 11) is 0. The number of nitrogens with one attached hydrogen (secondary N) is 1. The van der Waals surface area contributed by atoms with Crippen molar-refractivity contribution in [2.75, 3.05) is 11.9 Å². The predicted octanol–water partition coefficient (Wildman–Crippen LogP) is 1.72. The lowest BCUT2D eigenvalue weighted by Crippen LogP contribution is -2.38. The van der Waals surface area contributed by atoms with Crippen LogP contribution in [0, 0.1) is 5.95 Å². The fraction of sp³-hybridized carbons (Fsp3) is 0.636. The largest absolute Gasteiger partial charge is 0.388 e. The van der Waals surface area contributed by atoms with E-state index < -0.39 is 11.5 Å². The molecule has 0 atom stereocenters. The highest BCUT2D eigenvalue weighted by molar-refractivity contribution is 5.32. The van der Waals surface area contributed by atoms with E-state index in [0.29, 0.717) is 12.4 Å². The van der Waals surface area contributed by atoms with Crippen LogP contribution in [0.2, 0.25) is 0 Å². The van der Waals surface area contributed by atoms with Gasteiger partial charge in [0.1, 0.15) is 12.1 Å². The molecule has 0 radical (unpaired) electrons. The highest BCUT2D eigenvalue weighted by atomic mass is 19.1. The molecule has 0 saturated heterocycles. The second-order valence-electron chi connectivity index (χ2n) is 4.36. The summed E-state index contributed by atoms with van der Waals surface area (Å²) in [6, 6.07) is 1.23. The van der Waals surface area contributed by atoms with Crippen molar-refractivity contribution in [1.82, 2.24) is 9.97 Å². The molecule has 2 N–H and O–H groups in total. The number of aliphatic hydroxyl groups is 1. The first-order valence-electron chi connectivity index (χ1n) is 5.62. The van der Waals surface area contributed by atoms with Crippen molar-refractivity contribution >= 4 is 5.82 Å². The van der Waals surface area contributed by atoms with E-state index in [0.717, 1.165) is 25.7 Å². The lowest BCUT2D eigenvalue weighted by Gasteiger charge is -2.32. The van der Waals surface area contributed by atoms with Crippen LogP contribution < -0.4 is 5.32 Å². The minimum atomic E-state index is -0.667. The van der Waals surface area contributed by atoms with Crippen LogP contribution in [0.3, 0.4) is 0 Å². The van der Waals surface area contributed by atoms with Gasteiger partial charge < -0.3 is 10.4 Å². The summed E-state index contributed by atoms with van der Waals surface area (Å²) in [4.78, 5) is 7.25. The zero-order valence-electron chi connectivity index (χ0n) is 9.12. The summed E-state index contributed by atoms with van der Waals surface area (Å²) in [5.41, 5.74) is -0.667. The maximum absolute atomic E-state index is 12.8. The molecule has 1 heterocycles. The van der Waals surface area contributed by atoms with Crippen molar-refractivity contribution in [1.29, 1.82) is 0 Å². The number of hydrogen-bond donors (Lipinski definition) is 2. The number of anilines is 1. The van der Waals surface area contributed by atoms with Gasteiger partial charge in [0.15, 0.2) is 0 Å². The third-order valence-electron chi connectivity index (χ3n) is 3.02. The summed E-state index contributed by atoms with van der Waals surface area (Å²) in [5, 5.41) is 13.2. The zero-order valence-corrected chi connectivity index (χ0v) is 9.12. The van der Waals surface area contributed by atoms with E-state index in [9.17, 15) is 9.50 Å². The predicted molar refractivity (Wildman–Crippen MR) is 58.5 cm³/mol. The summed E-state index contributed by atoms with van der Waals surface area (Å²) in [6.07, 6.45) is 6.06. The number of hydrogen-bond acceptors (Lipinski definition) is 4. The topological polar surface area (TPSA) is 58.0 Å². The van der Waals surface area contributed by atoms with Gasteiger partial charge in [-0.05, 0) is 12.8 Å². The Kier molecular flexibility index (Phi) is 3.33. The molecule has 1 fully saturated rings. The molecule has 1 aromatic rings.